The second-order valence-electron chi connectivity index (χ2n) is 7.60. The molecule has 4 heterocycles. The molecule has 1 aromatic heterocycles. The first-order chi connectivity index (χ1) is 14.1. The average molecular weight is 410 g/mol. The van der Waals surface area contributed by atoms with Gasteiger partial charge in [-0.1, -0.05) is 18.1 Å². The van der Waals surface area contributed by atoms with Crippen molar-refractivity contribution in [1.29, 1.82) is 0 Å². The largest absolute Gasteiger partial charge is 0.467 e. The van der Waals surface area contributed by atoms with Crippen molar-refractivity contribution in [2.45, 2.75) is 64.0 Å². The van der Waals surface area contributed by atoms with Crippen LogP contribution < -0.4 is 5.73 Å². The van der Waals surface area contributed by atoms with Crippen LogP contribution in [0.3, 0.4) is 0 Å². The zero-order valence-corrected chi connectivity index (χ0v) is 16.8. The second kappa shape index (κ2) is 10.7. The lowest BCUT2D eigenvalue weighted by molar-refractivity contribution is -0.218. The zero-order chi connectivity index (χ0) is 20.6. The van der Waals surface area contributed by atoms with Gasteiger partial charge in [0.25, 0.3) is 6.47 Å². The first-order valence-corrected chi connectivity index (χ1v) is 10.2. The highest BCUT2D eigenvalue weighted by atomic mass is 16.6. The average Bonchev–Trinajstić information content (AvgIpc) is 3.13. The number of ether oxygens (including phenoxy) is 4. The summed E-state index contributed by atoms with van der Waals surface area (Å²) < 4.78 is 24.7. The zero-order valence-electron chi connectivity index (χ0n) is 16.8. The van der Waals surface area contributed by atoms with Gasteiger partial charge in [-0.15, -0.1) is 5.10 Å². The van der Waals surface area contributed by atoms with E-state index in [0.29, 0.717) is 38.5 Å². The van der Waals surface area contributed by atoms with Crippen molar-refractivity contribution < 1.29 is 28.5 Å². The third-order valence-corrected chi connectivity index (χ3v) is 5.59. The Balaban J connectivity index is 1.88. The molecule has 3 aliphatic rings. The van der Waals surface area contributed by atoms with E-state index in [1.54, 1.807) is 10.9 Å². The lowest BCUT2D eigenvalue weighted by Gasteiger charge is -2.46. The Bertz CT molecular complexity index is 669. The molecule has 5 atom stereocenters. The molecule has 0 saturated carbocycles. The topological polar surface area (TPSA) is 128 Å². The number of rotatable bonds is 7. The van der Waals surface area contributed by atoms with Crippen LogP contribution in [-0.2, 0) is 41.6 Å². The molecule has 0 spiro atoms. The molecule has 0 aromatic carbocycles. The van der Waals surface area contributed by atoms with Crippen molar-refractivity contribution in [2.24, 2.45) is 17.6 Å². The SMILES string of the molecule is CC(=O)OC1C2COCCCCCC(C(Cn3cc(CN)nn3)O2)C1COC=O. The first-order valence-electron chi connectivity index (χ1n) is 10.2. The highest BCUT2D eigenvalue weighted by molar-refractivity contribution is 5.66. The van der Waals surface area contributed by atoms with Gasteiger partial charge in [0.1, 0.15) is 12.2 Å². The Morgan fingerprint density at radius 2 is 2.28 bits per heavy atom. The summed E-state index contributed by atoms with van der Waals surface area (Å²) in [5, 5.41) is 8.18. The summed E-state index contributed by atoms with van der Waals surface area (Å²) in [5.41, 5.74) is 6.34. The number of carbonyl (C=O) groups is 2. The summed E-state index contributed by atoms with van der Waals surface area (Å²) in [5.74, 6) is -0.554. The quantitative estimate of drug-likeness (QED) is 0.503. The van der Waals surface area contributed by atoms with Crippen molar-refractivity contribution in [3.63, 3.8) is 0 Å². The predicted octanol–water partition coefficient (Wildman–Crippen LogP) is 0.432. The molecular formula is C19H30N4O6. The first kappa shape index (κ1) is 21.7. The lowest BCUT2D eigenvalue weighted by atomic mass is 9.76. The maximum absolute atomic E-state index is 11.8. The number of aromatic nitrogens is 3. The van der Waals surface area contributed by atoms with Crippen molar-refractivity contribution in [3.05, 3.63) is 11.9 Å². The Hall–Kier alpha value is -2.04. The molecule has 29 heavy (non-hydrogen) atoms. The van der Waals surface area contributed by atoms with E-state index >= 15 is 0 Å². The van der Waals surface area contributed by atoms with Crippen LogP contribution >= 0.6 is 0 Å². The summed E-state index contributed by atoms with van der Waals surface area (Å²) >= 11 is 0. The molecule has 0 amide bonds. The maximum atomic E-state index is 11.8. The second-order valence-corrected chi connectivity index (χ2v) is 7.60. The van der Waals surface area contributed by atoms with Gasteiger partial charge in [-0.3, -0.25) is 9.59 Å². The van der Waals surface area contributed by atoms with E-state index in [9.17, 15) is 9.59 Å². The third kappa shape index (κ3) is 5.74. The van der Waals surface area contributed by atoms with E-state index in [4.69, 9.17) is 24.7 Å². The van der Waals surface area contributed by atoms with Crippen LogP contribution in [0.1, 0.15) is 38.3 Å². The number of hydrogen-bond donors (Lipinski definition) is 1. The number of carbonyl (C=O) groups excluding carboxylic acids is 2. The standard InChI is InChI=1S/C19H30N4O6/c1-13(25)28-19-16(10-27-12-24)15-5-3-2-4-6-26-11-18(19)29-17(15)9-23-8-14(7-20)21-22-23/h8,12,15-19H,2-7,9-11,20H2,1H3. The maximum Gasteiger partial charge on any atom is 0.303 e. The molecule has 0 aliphatic carbocycles. The van der Waals surface area contributed by atoms with Crippen LogP contribution in [0.2, 0.25) is 0 Å². The van der Waals surface area contributed by atoms with Gasteiger partial charge in [0, 0.05) is 32.2 Å². The smallest absolute Gasteiger partial charge is 0.303 e. The number of fused-ring (bicyclic) bond motifs is 8. The van der Waals surface area contributed by atoms with E-state index in [-0.39, 0.29) is 24.5 Å². The number of hydrogen-bond acceptors (Lipinski definition) is 9. The van der Waals surface area contributed by atoms with Crippen molar-refractivity contribution in [1.82, 2.24) is 15.0 Å². The lowest BCUT2D eigenvalue weighted by Crippen LogP contribution is -2.56. The van der Waals surface area contributed by atoms with Crippen LogP contribution in [0.25, 0.3) is 0 Å². The molecular weight excluding hydrogens is 380 g/mol. The van der Waals surface area contributed by atoms with Gasteiger partial charge in [-0.25, -0.2) is 4.68 Å². The molecule has 3 saturated heterocycles. The van der Waals surface area contributed by atoms with Crippen LogP contribution in [0.15, 0.2) is 6.20 Å². The van der Waals surface area contributed by atoms with Gasteiger partial charge in [0.05, 0.1) is 31.6 Å². The minimum atomic E-state index is -0.540. The molecule has 162 valence electrons. The predicted molar refractivity (Wildman–Crippen MR) is 100 cm³/mol. The van der Waals surface area contributed by atoms with Gasteiger partial charge >= 0.3 is 5.97 Å². The molecule has 3 fully saturated rings. The molecule has 1 aromatic rings. The van der Waals surface area contributed by atoms with Crippen LogP contribution in [0.5, 0.6) is 0 Å². The summed E-state index contributed by atoms with van der Waals surface area (Å²) in [6.45, 7) is 3.71. The molecule has 2 N–H and O–H groups in total. The highest BCUT2D eigenvalue weighted by Gasteiger charge is 2.48. The number of nitrogens with two attached hydrogens (primary N) is 1. The highest BCUT2D eigenvalue weighted by Crippen LogP contribution is 2.38. The minimum Gasteiger partial charge on any atom is -0.467 e. The number of esters is 1. The molecule has 0 radical (unpaired) electrons. The number of nitrogens with zero attached hydrogens (tertiary/aromatic N) is 3. The van der Waals surface area contributed by atoms with E-state index in [1.807, 2.05) is 0 Å². The van der Waals surface area contributed by atoms with Gasteiger partial charge in [-0.2, -0.15) is 0 Å². The monoisotopic (exact) mass is 410 g/mol. The van der Waals surface area contributed by atoms with Crippen LogP contribution in [-0.4, -0.2) is 65.6 Å². The van der Waals surface area contributed by atoms with Gasteiger partial charge in [0.15, 0.2) is 0 Å². The summed E-state index contributed by atoms with van der Waals surface area (Å²) in [6, 6.07) is 0. The van der Waals surface area contributed by atoms with Gasteiger partial charge in [-0.05, 0) is 18.8 Å². The molecule has 3 aliphatic heterocycles. The summed E-state index contributed by atoms with van der Waals surface area (Å²) in [7, 11) is 0. The minimum absolute atomic E-state index is 0.0270. The van der Waals surface area contributed by atoms with E-state index in [1.165, 1.54) is 6.92 Å². The van der Waals surface area contributed by atoms with E-state index in [2.05, 4.69) is 10.3 Å². The Morgan fingerprint density at radius 1 is 1.41 bits per heavy atom. The Morgan fingerprint density at radius 3 is 3.00 bits per heavy atom. The molecule has 2 bridgehead atoms. The van der Waals surface area contributed by atoms with Crippen molar-refractivity contribution in [2.75, 3.05) is 19.8 Å². The summed E-state index contributed by atoms with van der Waals surface area (Å²) in [4.78, 5) is 22.7. The van der Waals surface area contributed by atoms with Crippen molar-refractivity contribution >= 4 is 12.4 Å². The van der Waals surface area contributed by atoms with Crippen molar-refractivity contribution in [3.8, 4) is 0 Å². The normalized spacial score (nSPS) is 30.3. The summed E-state index contributed by atoms with van der Waals surface area (Å²) in [6.07, 6.45) is 4.46. The Kier molecular flexibility index (Phi) is 7.96. The fourth-order valence-electron chi connectivity index (χ4n) is 4.30. The fraction of sp³-hybridized carbons (Fsp3) is 0.789. The molecule has 10 heteroatoms. The van der Waals surface area contributed by atoms with Crippen LogP contribution in [0.4, 0.5) is 0 Å². The molecule has 10 nitrogen and oxygen atoms in total. The van der Waals surface area contributed by atoms with Crippen LogP contribution in [0, 0.1) is 11.8 Å². The third-order valence-electron chi connectivity index (χ3n) is 5.59. The fourth-order valence-corrected chi connectivity index (χ4v) is 4.30. The van der Waals surface area contributed by atoms with Gasteiger partial charge in [0.2, 0.25) is 0 Å². The molecule has 4 rings (SSSR count). The van der Waals surface area contributed by atoms with E-state index < -0.39 is 18.2 Å². The van der Waals surface area contributed by atoms with Gasteiger partial charge < -0.3 is 24.7 Å². The molecule has 5 unspecified atom stereocenters. The van der Waals surface area contributed by atoms with E-state index in [0.717, 1.165) is 25.7 Å². The Labute approximate surface area is 170 Å².